The average molecular weight is 266 g/mol. The van der Waals surface area contributed by atoms with Crippen LogP contribution >= 0.6 is 0 Å². The van der Waals surface area contributed by atoms with E-state index < -0.39 is 0 Å². The fourth-order valence-electron chi connectivity index (χ4n) is 4.18. The van der Waals surface area contributed by atoms with Crippen molar-refractivity contribution in [2.45, 2.75) is 83.7 Å². The van der Waals surface area contributed by atoms with Crippen LogP contribution in [0.15, 0.2) is 0 Å². The van der Waals surface area contributed by atoms with Crippen LogP contribution in [0.3, 0.4) is 0 Å². The minimum atomic E-state index is 0.822. The van der Waals surface area contributed by atoms with Gasteiger partial charge in [0.15, 0.2) is 0 Å². The number of rotatable bonds is 8. The minimum absolute atomic E-state index is 0.822. The Morgan fingerprint density at radius 1 is 1.00 bits per heavy atom. The molecule has 2 heteroatoms. The highest BCUT2D eigenvalue weighted by Gasteiger charge is 2.28. The molecule has 112 valence electrons. The van der Waals surface area contributed by atoms with Gasteiger partial charge in [0, 0.05) is 12.1 Å². The van der Waals surface area contributed by atoms with Gasteiger partial charge in [-0.2, -0.15) is 0 Å². The summed E-state index contributed by atoms with van der Waals surface area (Å²) in [7, 11) is 0. The van der Waals surface area contributed by atoms with Gasteiger partial charge in [-0.3, -0.25) is 0 Å². The molecule has 0 amide bonds. The lowest BCUT2D eigenvalue weighted by Crippen LogP contribution is -2.38. The van der Waals surface area contributed by atoms with E-state index in [-0.39, 0.29) is 0 Å². The van der Waals surface area contributed by atoms with E-state index in [1.54, 1.807) is 0 Å². The number of hydrogen-bond donors (Lipinski definition) is 1. The molecule has 2 atom stereocenters. The van der Waals surface area contributed by atoms with E-state index >= 15 is 0 Å². The Labute approximate surface area is 120 Å². The van der Waals surface area contributed by atoms with Crippen LogP contribution in [0.5, 0.6) is 0 Å². The van der Waals surface area contributed by atoms with Crippen molar-refractivity contribution < 1.29 is 0 Å². The summed E-state index contributed by atoms with van der Waals surface area (Å²) < 4.78 is 0. The molecule has 1 N–H and O–H groups in total. The molecule has 0 radical (unpaired) electrons. The molecule has 0 aromatic carbocycles. The third-order valence-electron chi connectivity index (χ3n) is 5.35. The van der Waals surface area contributed by atoms with Gasteiger partial charge in [-0.25, -0.2) is 0 Å². The Balaban J connectivity index is 1.73. The first-order valence-electron chi connectivity index (χ1n) is 8.82. The molecule has 0 heterocycles. The summed E-state index contributed by atoms with van der Waals surface area (Å²) in [5.41, 5.74) is 0. The zero-order valence-corrected chi connectivity index (χ0v) is 13.2. The van der Waals surface area contributed by atoms with Gasteiger partial charge >= 0.3 is 0 Å². The van der Waals surface area contributed by atoms with Crippen LogP contribution in [0.1, 0.15) is 71.6 Å². The smallest absolute Gasteiger partial charge is 0.00958 e. The van der Waals surface area contributed by atoms with Gasteiger partial charge in [0.1, 0.15) is 0 Å². The SMILES string of the molecule is CCCNC1CCCC1CCN(CC)C1CCCC1. The zero-order valence-electron chi connectivity index (χ0n) is 13.2. The van der Waals surface area contributed by atoms with Crippen molar-refractivity contribution in [2.75, 3.05) is 19.6 Å². The van der Waals surface area contributed by atoms with Gasteiger partial charge in [-0.05, 0) is 64.1 Å². The molecule has 0 aromatic rings. The zero-order chi connectivity index (χ0) is 13.5. The van der Waals surface area contributed by atoms with E-state index in [2.05, 4.69) is 24.1 Å². The Kier molecular flexibility index (Phi) is 6.66. The lowest BCUT2D eigenvalue weighted by molar-refractivity contribution is 0.188. The highest BCUT2D eigenvalue weighted by Crippen LogP contribution is 2.30. The van der Waals surface area contributed by atoms with E-state index in [1.807, 2.05) is 0 Å². The second-order valence-electron chi connectivity index (χ2n) is 6.61. The van der Waals surface area contributed by atoms with Crippen LogP contribution in [0.4, 0.5) is 0 Å². The van der Waals surface area contributed by atoms with Crippen molar-refractivity contribution in [1.29, 1.82) is 0 Å². The molecule has 0 aromatic heterocycles. The van der Waals surface area contributed by atoms with Crippen molar-refractivity contribution in [2.24, 2.45) is 5.92 Å². The van der Waals surface area contributed by atoms with Gasteiger partial charge in [-0.15, -0.1) is 0 Å². The maximum absolute atomic E-state index is 3.77. The van der Waals surface area contributed by atoms with Crippen molar-refractivity contribution in [3.05, 3.63) is 0 Å². The third-order valence-corrected chi connectivity index (χ3v) is 5.35. The first-order valence-corrected chi connectivity index (χ1v) is 8.82. The largest absolute Gasteiger partial charge is 0.314 e. The molecule has 0 spiro atoms. The first-order chi connectivity index (χ1) is 9.35. The standard InChI is InChI=1S/C17H34N2/c1-3-13-18-17-11-7-8-15(17)12-14-19(4-2)16-9-5-6-10-16/h15-18H,3-14H2,1-2H3. The molecule has 2 rings (SSSR count). The van der Waals surface area contributed by atoms with Crippen molar-refractivity contribution >= 4 is 0 Å². The number of nitrogens with zero attached hydrogens (tertiary/aromatic N) is 1. The number of hydrogen-bond acceptors (Lipinski definition) is 2. The molecular formula is C17H34N2. The van der Waals surface area contributed by atoms with Crippen LogP contribution in [0.25, 0.3) is 0 Å². The van der Waals surface area contributed by atoms with Gasteiger partial charge in [0.25, 0.3) is 0 Å². The fourth-order valence-corrected chi connectivity index (χ4v) is 4.18. The monoisotopic (exact) mass is 266 g/mol. The van der Waals surface area contributed by atoms with Gasteiger partial charge in [0.05, 0.1) is 0 Å². The van der Waals surface area contributed by atoms with Gasteiger partial charge < -0.3 is 10.2 Å². The summed E-state index contributed by atoms with van der Waals surface area (Å²) in [6.45, 7) is 8.43. The molecular weight excluding hydrogens is 232 g/mol. The second-order valence-corrected chi connectivity index (χ2v) is 6.61. The van der Waals surface area contributed by atoms with E-state index in [9.17, 15) is 0 Å². The predicted molar refractivity (Wildman–Crippen MR) is 83.5 cm³/mol. The second kappa shape index (κ2) is 8.26. The van der Waals surface area contributed by atoms with Crippen molar-refractivity contribution in [3.8, 4) is 0 Å². The van der Waals surface area contributed by atoms with Crippen LogP contribution < -0.4 is 5.32 Å². The molecule has 0 aliphatic heterocycles. The van der Waals surface area contributed by atoms with Crippen LogP contribution in [0, 0.1) is 5.92 Å². The molecule has 0 saturated heterocycles. The third kappa shape index (κ3) is 4.46. The molecule has 0 bridgehead atoms. The highest BCUT2D eigenvalue weighted by atomic mass is 15.1. The molecule has 2 aliphatic rings. The first kappa shape index (κ1) is 15.3. The fraction of sp³-hybridized carbons (Fsp3) is 1.00. The van der Waals surface area contributed by atoms with Crippen molar-refractivity contribution in [3.63, 3.8) is 0 Å². The van der Waals surface area contributed by atoms with E-state index in [4.69, 9.17) is 0 Å². The Hall–Kier alpha value is -0.0800. The van der Waals surface area contributed by atoms with Gasteiger partial charge in [-0.1, -0.05) is 33.1 Å². The quantitative estimate of drug-likeness (QED) is 0.718. The summed E-state index contributed by atoms with van der Waals surface area (Å²) in [6, 6.07) is 1.73. The van der Waals surface area contributed by atoms with Gasteiger partial charge in [0.2, 0.25) is 0 Å². The normalized spacial score (nSPS) is 28.6. The average Bonchev–Trinajstić information content (AvgIpc) is 3.08. The predicted octanol–water partition coefficient (Wildman–Crippen LogP) is 3.81. The van der Waals surface area contributed by atoms with E-state index in [0.717, 1.165) is 18.0 Å². The maximum Gasteiger partial charge on any atom is 0.00958 e. The lowest BCUT2D eigenvalue weighted by Gasteiger charge is -2.30. The van der Waals surface area contributed by atoms with Crippen LogP contribution in [-0.4, -0.2) is 36.6 Å². The summed E-state index contributed by atoms with van der Waals surface area (Å²) in [4.78, 5) is 2.77. The Morgan fingerprint density at radius 2 is 1.79 bits per heavy atom. The molecule has 2 unspecified atom stereocenters. The van der Waals surface area contributed by atoms with Crippen LogP contribution in [0.2, 0.25) is 0 Å². The molecule has 19 heavy (non-hydrogen) atoms. The topological polar surface area (TPSA) is 15.3 Å². The van der Waals surface area contributed by atoms with E-state index in [0.29, 0.717) is 0 Å². The molecule has 2 fully saturated rings. The Morgan fingerprint density at radius 3 is 2.47 bits per heavy atom. The highest BCUT2D eigenvalue weighted by molar-refractivity contribution is 4.85. The molecule has 2 saturated carbocycles. The lowest BCUT2D eigenvalue weighted by atomic mass is 9.98. The van der Waals surface area contributed by atoms with Crippen LogP contribution in [-0.2, 0) is 0 Å². The summed E-state index contributed by atoms with van der Waals surface area (Å²) >= 11 is 0. The summed E-state index contributed by atoms with van der Waals surface area (Å²) in [5.74, 6) is 0.946. The maximum atomic E-state index is 3.77. The Bertz CT molecular complexity index is 235. The molecule has 2 nitrogen and oxygen atoms in total. The number of nitrogens with one attached hydrogen (secondary N) is 1. The van der Waals surface area contributed by atoms with Crippen molar-refractivity contribution in [1.82, 2.24) is 10.2 Å². The minimum Gasteiger partial charge on any atom is -0.314 e. The summed E-state index contributed by atoms with van der Waals surface area (Å²) in [5, 5.41) is 3.77. The van der Waals surface area contributed by atoms with E-state index in [1.165, 1.54) is 77.4 Å². The molecule has 2 aliphatic carbocycles. The summed E-state index contributed by atoms with van der Waals surface area (Å²) in [6.07, 6.45) is 12.9.